The summed E-state index contributed by atoms with van der Waals surface area (Å²) in [5.41, 5.74) is 5.41. The molecule has 0 amide bonds. The number of ether oxygens (including phenoxy) is 1. The summed E-state index contributed by atoms with van der Waals surface area (Å²) in [6, 6.07) is 0.407. The summed E-state index contributed by atoms with van der Waals surface area (Å²) < 4.78 is 4.88. The fourth-order valence-corrected chi connectivity index (χ4v) is 0.640. The number of rotatable bonds is 5. The van der Waals surface area contributed by atoms with Gasteiger partial charge in [-0.2, -0.15) is 0 Å². The number of hydrogen-bond acceptors (Lipinski definition) is 3. The molecule has 0 fully saturated rings. The third-order valence-electron chi connectivity index (χ3n) is 1.36. The van der Waals surface area contributed by atoms with Gasteiger partial charge < -0.3 is 15.8 Å². The van der Waals surface area contributed by atoms with Crippen molar-refractivity contribution >= 4 is 0 Å². The molecule has 0 aromatic carbocycles. The molecule has 1 unspecified atom stereocenters. The van der Waals surface area contributed by atoms with Gasteiger partial charge in [0.15, 0.2) is 0 Å². The summed E-state index contributed by atoms with van der Waals surface area (Å²) in [4.78, 5) is 0. The largest absolute Gasteiger partial charge is 0.385 e. The van der Waals surface area contributed by atoms with Crippen LogP contribution in [0.25, 0.3) is 0 Å². The maximum Gasteiger partial charge on any atom is 0.0477 e. The molecule has 0 aliphatic rings. The molecule has 0 aliphatic heterocycles. The van der Waals surface area contributed by atoms with Crippen molar-refractivity contribution in [3.8, 4) is 0 Å². The summed E-state index contributed by atoms with van der Waals surface area (Å²) in [6.45, 7) is 1.46. The highest BCUT2D eigenvalue weighted by Crippen LogP contribution is 1.87. The fourth-order valence-electron chi connectivity index (χ4n) is 0.640. The van der Waals surface area contributed by atoms with E-state index in [1.165, 1.54) is 0 Å². The van der Waals surface area contributed by atoms with Crippen LogP contribution in [0, 0.1) is 0 Å². The van der Waals surface area contributed by atoms with E-state index in [1.807, 2.05) is 7.05 Å². The summed E-state index contributed by atoms with van der Waals surface area (Å²) in [7, 11) is 3.61. The van der Waals surface area contributed by atoms with Crippen LogP contribution in [0.1, 0.15) is 6.42 Å². The molecule has 3 heteroatoms. The van der Waals surface area contributed by atoms with Gasteiger partial charge in [-0.15, -0.1) is 0 Å². The number of nitrogens with two attached hydrogens (primary N) is 1. The van der Waals surface area contributed by atoms with E-state index in [-0.39, 0.29) is 0 Å². The highest BCUT2D eigenvalue weighted by atomic mass is 16.5. The quantitative estimate of drug-likeness (QED) is 0.533. The van der Waals surface area contributed by atoms with Crippen LogP contribution in [0.15, 0.2) is 0 Å². The van der Waals surface area contributed by atoms with Crippen LogP contribution in [0.5, 0.6) is 0 Å². The van der Waals surface area contributed by atoms with Crippen LogP contribution in [-0.2, 0) is 4.74 Å². The van der Waals surface area contributed by atoms with Crippen molar-refractivity contribution in [2.75, 3.05) is 27.3 Å². The number of nitrogens with one attached hydrogen (secondary N) is 1. The fraction of sp³-hybridized carbons (Fsp3) is 1.00. The molecular formula is C6H16N2O. The lowest BCUT2D eigenvalue weighted by Gasteiger charge is -2.11. The second-order valence-electron chi connectivity index (χ2n) is 2.00. The lowest BCUT2D eigenvalue weighted by atomic mass is 10.2. The molecule has 0 saturated carbocycles. The monoisotopic (exact) mass is 132 g/mol. The maximum atomic E-state index is 5.41. The standard InChI is InChI=1S/C6H16N2O/c1-8-6(5-7)3-4-9-2/h6,8H,3-5,7H2,1-2H3. The minimum atomic E-state index is 0.407. The van der Waals surface area contributed by atoms with E-state index in [1.54, 1.807) is 7.11 Å². The van der Waals surface area contributed by atoms with Crippen LogP contribution in [0.3, 0.4) is 0 Å². The molecule has 9 heavy (non-hydrogen) atoms. The molecule has 0 aliphatic carbocycles. The van der Waals surface area contributed by atoms with Crippen molar-refractivity contribution in [1.29, 1.82) is 0 Å². The van der Waals surface area contributed by atoms with Crippen LogP contribution >= 0.6 is 0 Å². The van der Waals surface area contributed by atoms with Crippen LogP contribution in [0.2, 0.25) is 0 Å². The Kier molecular flexibility index (Phi) is 5.93. The first-order valence-corrected chi connectivity index (χ1v) is 3.21. The van der Waals surface area contributed by atoms with Gasteiger partial charge in [-0.05, 0) is 13.5 Å². The minimum Gasteiger partial charge on any atom is -0.385 e. The van der Waals surface area contributed by atoms with Gasteiger partial charge in [-0.25, -0.2) is 0 Å². The van der Waals surface area contributed by atoms with Crippen LogP contribution in [0.4, 0.5) is 0 Å². The average Bonchev–Trinajstić information content (AvgIpc) is 1.91. The predicted octanol–water partition coefficient (Wildman–Crippen LogP) is -0.430. The molecule has 0 bridgehead atoms. The maximum absolute atomic E-state index is 5.41. The Morgan fingerprint density at radius 2 is 2.33 bits per heavy atom. The van der Waals surface area contributed by atoms with Gasteiger partial charge in [-0.1, -0.05) is 0 Å². The van der Waals surface area contributed by atoms with Gasteiger partial charge >= 0.3 is 0 Å². The number of likely N-dealkylation sites (N-methyl/N-ethyl adjacent to an activating group) is 1. The SMILES string of the molecule is CNC(CN)CCOC. The summed E-state index contributed by atoms with van der Waals surface area (Å²) in [5.74, 6) is 0. The Labute approximate surface area is 56.6 Å². The van der Waals surface area contributed by atoms with Gasteiger partial charge in [0.2, 0.25) is 0 Å². The summed E-state index contributed by atoms with van der Waals surface area (Å²) in [5, 5.41) is 3.08. The second-order valence-corrected chi connectivity index (χ2v) is 2.00. The Bertz CT molecular complexity index is 55.0. The third kappa shape index (κ3) is 4.39. The average molecular weight is 132 g/mol. The highest BCUT2D eigenvalue weighted by Gasteiger charge is 2.00. The van der Waals surface area contributed by atoms with Crippen LogP contribution in [-0.4, -0.2) is 33.4 Å². The first-order valence-electron chi connectivity index (χ1n) is 3.21. The third-order valence-corrected chi connectivity index (χ3v) is 1.36. The van der Waals surface area contributed by atoms with Gasteiger partial charge in [0.1, 0.15) is 0 Å². The molecule has 0 radical (unpaired) electrons. The van der Waals surface area contributed by atoms with E-state index in [4.69, 9.17) is 10.5 Å². The molecule has 1 atom stereocenters. The van der Waals surface area contributed by atoms with Gasteiger partial charge in [0.05, 0.1) is 0 Å². The zero-order valence-corrected chi connectivity index (χ0v) is 6.18. The van der Waals surface area contributed by atoms with Crippen molar-refractivity contribution in [2.45, 2.75) is 12.5 Å². The second kappa shape index (κ2) is 6.01. The molecule has 0 aromatic heterocycles. The number of hydrogen-bond donors (Lipinski definition) is 2. The van der Waals surface area contributed by atoms with Crippen molar-refractivity contribution in [3.05, 3.63) is 0 Å². The molecule has 0 heterocycles. The zero-order valence-electron chi connectivity index (χ0n) is 6.18. The van der Waals surface area contributed by atoms with Gasteiger partial charge in [0, 0.05) is 26.3 Å². The first kappa shape index (κ1) is 8.88. The predicted molar refractivity (Wildman–Crippen MR) is 38.4 cm³/mol. The molecular weight excluding hydrogens is 116 g/mol. The van der Waals surface area contributed by atoms with Crippen molar-refractivity contribution in [1.82, 2.24) is 5.32 Å². The lowest BCUT2D eigenvalue weighted by molar-refractivity contribution is 0.185. The normalized spacial score (nSPS) is 13.7. The summed E-state index contributed by atoms with van der Waals surface area (Å²) >= 11 is 0. The molecule has 3 nitrogen and oxygen atoms in total. The van der Waals surface area contributed by atoms with Gasteiger partial charge in [0.25, 0.3) is 0 Å². The van der Waals surface area contributed by atoms with E-state index < -0.39 is 0 Å². The van der Waals surface area contributed by atoms with Crippen molar-refractivity contribution < 1.29 is 4.74 Å². The van der Waals surface area contributed by atoms with Crippen molar-refractivity contribution in [2.24, 2.45) is 5.73 Å². The lowest BCUT2D eigenvalue weighted by Crippen LogP contribution is -2.34. The smallest absolute Gasteiger partial charge is 0.0477 e. The van der Waals surface area contributed by atoms with E-state index in [0.717, 1.165) is 13.0 Å². The van der Waals surface area contributed by atoms with Crippen LogP contribution < -0.4 is 11.1 Å². The van der Waals surface area contributed by atoms with Gasteiger partial charge in [-0.3, -0.25) is 0 Å². The Hall–Kier alpha value is -0.120. The molecule has 3 N–H and O–H groups in total. The Balaban J connectivity index is 3.09. The van der Waals surface area contributed by atoms with E-state index in [0.29, 0.717) is 12.6 Å². The molecule has 0 aromatic rings. The van der Waals surface area contributed by atoms with Crippen molar-refractivity contribution in [3.63, 3.8) is 0 Å². The van der Waals surface area contributed by atoms with E-state index in [9.17, 15) is 0 Å². The number of methoxy groups -OCH3 is 1. The zero-order chi connectivity index (χ0) is 7.11. The highest BCUT2D eigenvalue weighted by molar-refractivity contribution is 4.63. The van der Waals surface area contributed by atoms with E-state index in [2.05, 4.69) is 5.32 Å². The molecule has 0 rings (SSSR count). The molecule has 0 spiro atoms. The van der Waals surface area contributed by atoms with E-state index >= 15 is 0 Å². The Morgan fingerprint density at radius 1 is 1.67 bits per heavy atom. The summed E-state index contributed by atoms with van der Waals surface area (Å²) in [6.07, 6.45) is 0.990. The first-order chi connectivity index (χ1) is 4.35. The molecule has 56 valence electrons. The Morgan fingerprint density at radius 3 is 2.67 bits per heavy atom. The molecule has 0 saturated heterocycles. The topological polar surface area (TPSA) is 47.3 Å². The minimum absolute atomic E-state index is 0.407.